The second-order valence-electron chi connectivity index (χ2n) is 3.07. The van der Waals surface area contributed by atoms with Crippen LogP contribution in [0.4, 0.5) is 0 Å². The van der Waals surface area contributed by atoms with Crippen molar-refractivity contribution in [1.82, 2.24) is 0 Å². The molecule has 0 aliphatic rings. The Bertz CT molecular complexity index is 274. The first-order valence-electron chi connectivity index (χ1n) is 4.23. The van der Waals surface area contributed by atoms with Crippen molar-refractivity contribution in [2.45, 2.75) is 18.3 Å². The summed E-state index contributed by atoms with van der Waals surface area (Å²) in [7, 11) is -4.73. The highest BCUT2D eigenvalue weighted by Crippen LogP contribution is 2.35. The summed E-state index contributed by atoms with van der Waals surface area (Å²) >= 11 is 0. The smallest absolute Gasteiger partial charge is 0.393 e. The van der Waals surface area contributed by atoms with Gasteiger partial charge in [-0.25, -0.2) is 4.57 Å². The van der Waals surface area contributed by atoms with Gasteiger partial charge in [-0.15, -0.1) is 0 Å². The second kappa shape index (κ2) is 6.43. The third-order valence-electron chi connectivity index (χ3n) is 1.76. The maximum atomic E-state index is 10.3. The van der Waals surface area contributed by atoms with Crippen molar-refractivity contribution in [3.05, 3.63) is 12.2 Å². The standard InChI is InChI=1S/C7H15O8P/c1-4(5(9)2-8)7(11)6(10)3-15-16(12,13)14/h5-11H,1-3H2,(H2,12,13,14)/t5-,6+,7-/m0/s1. The Hall–Kier alpha value is -0.310. The van der Waals surface area contributed by atoms with Crippen LogP contribution in [0.25, 0.3) is 0 Å². The molecular formula is C7H15O8P. The van der Waals surface area contributed by atoms with Gasteiger partial charge in [0, 0.05) is 0 Å². The maximum absolute atomic E-state index is 10.3. The van der Waals surface area contributed by atoms with E-state index in [1.54, 1.807) is 0 Å². The van der Waals surface area contributed by atoms with Gasteiger partial charge in [0.2, 0.25) is 0 Å². The number of rotatable bonds is 7. The van der Waals surface area contributed by atoms with E-state index in [0.29, 0.717) is 0 Å². The van der Waals surface area contributed by atoms with E-state index in [1.165, 1.54) is 0 Å². The van der Waals surface area contributed by atoms with Crippen molar-refractivity contribution in [1.29, 1.82) is 0 Å². The lowest BCUT2D eigenvalue weighted by Gasteiger charge is -2.22. The molecule has 8 nitrogen and oxygen atoms in total. The van der Waals surface area contributed by atoms with E-state index in [-0.39, 0.29) is 5.57 Å². The minimum Gasteiger partial charge on any atom is -0.393 e. The Kier molecular flexibility index (Phi) is 6.31. The van der Waals surface area contributed by atoms with Gasteiger partial charge in [0.15, 0.2) is 0 Å². The van der Waals surface area contributed by atoms with E-state index < -0.39 is 39.3 Å². The van der Waals surface area contributed by atoms with Crippen molar-refractivity contribution in [2.24, 2.45) is 0 Å². The Balaban J connectivity index is 4.23. The first kappa shape index (κ1) is 15.7. The average Bonchev–Trinajstić information content (AvgIpc) is 2.21. The van der Waals surface area contributed by atoms with Crippen LogP contribution in [0.15, 0.2) is 12.2 Å². The largest absolute Gasteiger partial charge is 0.469 e. The van der Waals surface area contributed by atoms with Crippen LogP contribution in [-0.4, -0.2) is 61.7 Å². The fraction of sp³-hybridized carbons (Fsp3) is 0.714. The molecule has 96 valence electrons. The molecule has 0 aromatic heterocycles. The number of aliphatic hydroxyl groups is 4. The molecule has 0 saturated heterocycles. The van der Waals surface area contributed by atoms with Gasteiger partial charge in [-0.1, -0.05) is 6.58 Å². The van der Waals surface area contributed by atoms with Gasteiger partial charge in [-0.2, -0.15) is 0 Å². The highest BCUT2D eigenvalue weighted by molar-refractivity contribution is 7.46. The zero-order chi connectivity index (χ0) is 12.9. The fourth-order valence-corrected chi connectivity index (χ4v) is 1.17. The number of aliphatic hydroxyl groups excluding tert-OH is 4. The lowest BCUT2D eigenvalue weighted by molar-refractivity contribution is -0.0101. The van der Waals surface area contributed by atoms with Crippen LogP contribution >= 0.6 is 7.82 Å². The van der Waals surface area contributed by atoms with Crippen LogP contribution < -0.4 is 0 Å². The lowest BCUT2D eigenvalue weighted by Crippen LogP contribution is -2.36. The average molecular weight is 258 g/mol. The van der Waals surface area contributed by atoms with Crippen LogP contribution in [0.5, 0.6) is 0 Å². The molecule has 3 atom stereocenters. The second-order valence-corrected chi connectivity index (χ2v) is 4.31. The minimum absolute atomic E-state index is 0.274. The monoisotopic (exact) mass is 258 g/mol. The van der Waals surface area contributed by atoms with Gasteiger partial charge in [-0.05, 0) is 5.57 Å². The van der Waals surface area contributed by atoms with E-state index in [0.717, 1.165) is 0 Å². The predicted octanol–water partition coefficient (Wildman–Crippen LogP) is -2.27. The molecule has 0 amide bonds. The van der Waals surface area contributed by atoms with Gasteiger partial charge < -0.3 is 30.2 Å². The molecule has 0 unspecified atom stereocenters. The number of phosphoric ester groups is 1. The molecule has 0 spiro atoms. The summed E-state index contributed by atoms with van der Waals surface area (Å²) in [4.78, 5) is 16.7. The molecule has 0 heterocycles. The van der Waals surface area contributed by atoms with Gasteiger partial charge in [0.1, 0.15) is 18.3 Å². The van der Waals surface area contributed by atoms with Crippen molar-refractivity contribution in [3.8, 4) is 0 Å². The van der Waals surface area contributed by atoms with Crippen LogP contribution in [0, 0.1) is 0 Å². The molecule has 0 radical (unpaired) electrons. The molecule has 0 aliphatic carbocycles. The molecule has 6 N–H and O–H groups in total. The summed E-state index contributed by atoms with van der Waals surface area (Å²) in [6.45, 7) is 1.70. The predicted molar refractivity (Wildman–Crippen MR) is 52.2 cm³/mol. The van der Waals surface area contributed by atoms with Gasteiger partial charge in [0.05, 0.1) is 13.2 Å². The molecule has 0 rings (SSSR count). The van der Waals surface area contributed by atoms with E-state index >= 15 is 0 Å². The third-order valence-corrected chi connectivity index (χ3v) is 2.24. The summed E-state index contributed by atoms with van der Waals surface area (Å²) in [5.41, 5.74) is -0.274. The van der Waals surface area contributed by atoms with Crippen LogP contribution in [-0.2, 0) is 9.09 Å². The first-order chi connectivity index (χ1) is 7.19. The summed E-state index contributed by atoms with van der Waals surface area (Å²) in [6.07, 6.45) is -4.75. The summed E-state index contributed by atoms with van der Waals surface area (Å²) in [5.74, 6) is 0. The Morgan fingerprint density at radius 2 is 1.81 bits per heavy atom. The Morgan fingerprint density at radius 1 is 1.31 bits per heavy atom. The van der Waals surface area contributed by atoms with Gasteiger partial charge in [-0.3, -0.25) is 4.52 Å². The quantitative estimate of drug-likeness (QED) is 0.221. The van der Waals surface area contributed by atoms with Crippen LogP contribution in [0.1, 0.15) is 0 Å². The molecule has 16 heavy (non-hydrogen) atoms. The summed E-state index contributed by atoms with van der Waals surface area (Å²) < 4.78 is 14.2. The lowest BCUT2D eigenvalue weighted by atomic mass is 10.0. The Labute approximate surface area is 91.7 Å². The molecule has 0 aliphatic heterocycles. The molecule has 0 aromatic carbocycles. The molecule has 0 fully saturated rings. The SMILES string of the molecule is C=C([C@@H](O)CO)[C@H](O)[C@H](O)COP(=O)(O)O. The molecule has 0 saturated carbocycles. The molecule has 0 aromatic rings. The highest BCUT2D eigenvalue weighted by Gasteiger charge is 2.26. The molecular weight excluding hydrogens is 243 g/mol. The van der Waals surface area contributed by atoms with Gasteiger partial charge in [0.25, 0.3) is 0 Å². The van der Waals surface area contributed by atoms with E-state index in [9.17, 15) is 14.8 Å². The third kappa shape index (κ3) is 5.69. The molecule has 0 bridgehead atoms. The van der Waals surface area contributed by atoms with E-state index in [2.05, 4.69) is 11.1 Å². The van der Waals surface area contributed by atoms with Gasteiger partial charge >= 0.3 is 7.82 Å². The number of hydrogen-bond acceptors (Lipinski definition) is 6. The summed E-state index contributed by atoms with van der Waals surface area (Å²) in [5, 5.41) is 36.1. The zero-order valence-electron chi connectivity index (χ0n) is 8.30. The van der Waals surface area contributed by atoms with Crippen molar-refractivity contribution >= 4 is 7.82 Å². The molecule has 9 heteroatoms. The fourth-order valence-electron chi connectivity index (χ4n) is 0.826. The topological polar surface area (TPSA) is 148 Å². The number of hydrogen-bond donors (Lipinski definition) is 6. The zero-order valence-corrected chi connectivity index (χ0v) is 9.19. The van der Waals surface area contributed by atoms with E-state index in [1.807, 2.05) is 0 Å². The minimum atomic E-state index is -4.73. The van der Waals surface area contributed by atoms with Crippen molar-refractivity contribution in [3.63, 3.8) is 0 Å². The first-order valence-corrected chi connectivity index (χ1v) is 5.76. The van der Waals surface area contributed by atoms with Crippen LogP contribution in [0.3, 0.4) is 0 Å². The number of phosphoric acid groups is 1. The van der Waals surface area contributed by atoms with Crippen molar-refractivity contribution < 1.29 is 39.3 Å². The summed E-state index contributed by atoms with van der Waals surface area (Å²) in [6, 6.07) is 0. The Morgan fingerprint density at radius 3 is 2.19 bits per heavy atom. The normalized spacial score (nSPS) is 17.9. The van der Waals surface area contributed by atoms with Crippen LogP contribution in [0.2, 0.25) is 0 Å². The maximum Gasteiger partial charge on any atom is 0.469 e. The van der Waals surface area contributed by atoms with Crippen molar-refractivity contribution in [2.75, 3.05) is 13.2 Å². The highest BCUT2D eigenvalue weighted by atomic mass is 31.2. The van der Waals surface area contributed by atoms with E-state index in [4.69, 9.17) is 20.0 Å².